The summed E-state index contributed by atoms with van der Waals surface area (Å²) in [5.41, 5.74) is 8.51. The number of halogens is 1. The minimum Gasteiger partial charge on any atom is -0.378 e. The van der Waals surface area contributed by atoms with Gasteiger partial charge >= 0.3 is 0 Å². The van der Waals surface area contributed by atoms with Gasteiger partial charge in [-0.15, -0.1) is 0 Å². The van der Waals surface area contributed by atoms with Crippen molar-refractivity contribution in [2.75, 3.05) is 6.61 Å². The molecule has 0 spiro atoms. The summed E-state index contributed by atoms with van der Waals surface area (Å²) in [7, 11) is 0. The van der Waals surface area contributed by atoms with Gasteiger partial charge in [0.1, 0.15) is 5.82 Å². The quantitative estimate of drug-likeness (QED) is 0.877. The summed E-state index contributed by atoms with van der Waals surface area (Å²) in [4.78, 5) is 0. The maximum atomic E-state index is 13.5. The third-order valence-corrected chi connectivity index (χ3v) is 3.43. The van der Waals surface area contributed by atoms with E-state index >= 15 is 0 Å². The number of nitrogens with two attached hydrogens (primary N) is 1. The molecule has 2 atom stereocenters. The lowest BCUT2D eigenvalue weighted by molar-refractivity contribution is 0.0983. The van der Waals surface area contributed by atoms with E-state index in [2.05, 4.69) is 0 Å². The van der Waals surface area contributed by atoms with E-state index < -0.39 is 0 Å². The van der Waals surface area contributed by atoms with Crippen LogP contribution in [0.1, 0.15) is 42.0 Å². The standard InChI is InChI=1S/C14H20FNO/c1-9-6-11(7-10(2)14(9)15)13(16)8-12-4-3-5-17-12/h6-7,12-13H,3-5,8,16H2,1-2H3. The van der Waals surface area contributed by atoms with Crippen LogP contribution in [0.2, 0.25) is 0 Å². The van der Waals surface area contributed by atoms with Gasteiger partial charge in [-0.3, -0.25) is 0 Å². The molecule has 17 heavy (non-hydrogen) atoms. The number of rotatable bonds is 3. The van der Waals surface area contributed by atoms with Crippen LogP contribution in [-0.2, 0) is 4.74 Å². The highest BCUT2D eigenvalue weighted by atomic mass is 19.1. The Morgan fingerprint density at radius 2 is 2.06 bits per heavy atom. The molecular weight excluding hydrogens is 217 g/mol. The van der Waals surface area contributed by atoms with Crippen molar-refractivity contribution in [3.8, 4) is 0 Å². The molecular formula is C14H20FNO. The van der Waals surface area contributed by atoms with E-state index in [1.54, 1.807) is 13.8 Å². The predicted molar refractivity (Wildman–Crippen MR) is 66.4 cm³/mol. The van der Waals surface area contributed by atoms with E-state index in [1.165, 1.54) is 0 Å². The Morgan fingerprint density at radius 3 is 2.59 bits per heavy atom. The Bertz CT molecular complexity index is 376. The van der Waals surface area contributed by atoms with Crippen LogP contribution < -0.4 is 5.73 Å². The van der Waals surface area contributed by atoms with E-state index in [-0.39, 0.29) is 18.0 Å². The molecule has 0 saturated carbocycles. The molecule has 0 aliphatic carbocycles. The van der Waals surface area contributed by atoms with Gasteiger partial charge < -0.3 is 10.5 Å². The zero-order chi connectivity index (χ0) is 12.4. The average Bonchev–Trinajstić information content (AvgIpc) is 2.77. The number of hydrogen-bond acceptors (Lipinski definition) is 2. The molecule has 2 N–H and O–H groups in total. The molecule has 1 aromatic rings. The largest absolute Gasteiger partial charge is 0.378 e. The monoisotopic (exact) mass is 237 g/mol. The van der Waals surface area contributed by atoms with Gasteiger partial charge in [0.15, 0.2) is 0 Å². The molecule has 2 rings (SSSR count). The van der Waals surface area contributed by atoms with E-state index in [1.807, 2.05) is 12.1 Å². The summed E-state index contributed by atoms with van der Waals surface area (Å²) in [5, 5.41) is 0. The molecule has 0 amide bonds. The summed E-state index contributed by atoms with van der Waals surface area (Å²) in [6.45, 7) is 4.41. The van der Waals surface area contributed by atoms with Gasteiger partial charge in [0, 0.05) is 12.6 Å². The fourth-order valence-corrected chi connectivity index (χ4v) is 2.44. The summed E-state index contributed by atoms with van der Waals surface area (Å²) in [5.74, 6) is -0.127. The normalized spacial score (nSPS) is 21.8. The molecule has 2 unspecified atom stereocenters. The lowest BCUT2D eigenvalue weighted by Gasteiger charge is -2.18. The summed E-state index contributed by atoms with van der Waals surface area (Å²) in [6, 6.07) is 3.64. The molecule has 3 heteroatoms. The van der Waals surface area contributed by atoms with E-state index in [0.717, 1.165) is 31.4 Å². The minimum absolute atomic E-state index is 0.0592. The molecule has 1 heterocycles. The maximum absolute atomic E-state index is 13.5. The van der Waals surface area contributed by atoms with Crippen LogP contribution >= 0.6 is 0 Å². The molecule has 1 saturated heterocycles. The first-order chi connectivity index (χ1) is 8.08. The van der Waals surface area contributed by atoms with Crippen molar-refractivity contribution in [1.82, 2.24) is 0 Å². The highest BCUT2D eigenvalue weighted by Gasteiger charge is 2.20. The molecule has 1 aliphatic heterocycles. The van der Waals surface area contributed by atoms with Crippen LogP contribution in [-0.4, -0.2) is 12.7 Å². The van der Waals surface area contributed by atoms with Crippen molar-refractivity contribution in [3.05, 3.63) is 34.6 Å². The second kappa shape index (κ2) is 5.15. The van der Waals surface area contributed by atoms with Gasteiger partial charge in [0.25, 0.3) is 0 Å². The lowest BCUT2D eigenvalue weighted by atomic mass is 9.96. The van der Waals surface area contributed by atoms with Gasteiger partial charge in [0.05, 0.1) is 6.10 Å². The van der Waals surface area contributed by atoms with Crippen molar-refractivity contribution in [3.63, 3.8) is 0 Å². The van der Waals surface area contributed by atoms with Crippen molar-refractivity contribution in [1.29, 1.82) is 0 Å². The summed E-state index contributed by atoms with van der Waals surface area (Å²) in [6.07, 6.45) is 3.31. The number of aryl methyl sites for hydroxylation is 2. The van der Waals surface area contributed by atoms with E-state index in [4.69, 9.17) is 10.5 Å². The SMILES string of the molecule is Cc1cc(C(N)CC2CCCO2)cc(C)c1F. The molecule has 0 aromatic heterocycles. The number of benzene rings is 1. The van der Waals surface area contributed by atoms with Crippen LogP contribution in [0.4, 0.5) is 4.39 Å². The van der Waals surface area contributed by atoms with Gasteiger partial charge in [0.2, 0.25) is 0 Å². The second-order valence-corrected chi connectivity index (χ2v) is 4.95. The molecule has 2 nitrogen and oxygen atoms in total. The van der Waals surface area contributed by atoms with Gasteiger partial charge in [-0.1, -0.05) is 12.1 Å². The molecule has 1 fully saturated rings. The van der Waals surface area contributed by atoms with Gasteiger partial charge in [-0.05, 0) is 49.8 Å². The molecule has 94 valence electrons. The third-order valence-electron chi connectivity index (χ3n) is 3.43. The topological polar surface area (TPSA) is 35.2 Å². The van der Waals surface area contributed by atoms with Crippen molar-refractivity contribution in [2.24, 2.45) is 5.73 Å². The average molecular weight is 237 g/mol. The summed E-state index contributed by atoms with van der Waals surface area (Å²) < 4.78 is 19.1. The second-order valence-electron chi connectivity index (χ2n) is 4.95. The number of hydrogen-bond donors (Lipinski definition) is 1. The first-order valence-electron chi connectivity index (χ1n) is 6.21. The van der Waals surface area contributed by atoms with Crippen LogP contribution in [0.5, 0.6) is 0 Å². The fraction of sp³-hybridized carbons (Fsp3) is 0.571. The van der Waals surface area contributed by atoms with Crippen LogP contribution in [0, 0.1) is 19.7 Å². The van der Waals surface area contributed by atoms with Crippen molar-refractivity contribution in [2.45, 2.75) is 45.3 Å². The Morgan fingerprint density at radius 1 is 1.41 bits per heavy atom. The van der Waals surface area contributed by atoms with Crippen molar-refractivity contribution < 1.29 is 9.13 Å². The molecule has 1 aromatic carbocycles. The highest BCUT2D eigenvalue weighted by Crippen LogP contribution is 2.25. The van der Waals surface area contributed by atoms with Gasteiger partial charge in [-0.25, -0.2) is 4.39 Å². The minimum atomic E-state index is -0.127. The fourth-order valence-electron chi connectivity index (χ4n) is 2.44. The van der Waals surface area contributed by atoms with Crippen molar-refractivity contribution >= 4 is 0 Å². The summed E-state index contributed by atoms with van der Waals surface area (Å²) >= 11 is 0. The van der Waals surface area contributed by atoms with E-state index in [0.29, 0.717) is 11.1 Å². The third kappa shape index (κ3) is 2.85. The van der Waals surface area contributed by atoms with Gasteiger partial charge in [-0.2, -0.15) is 0 Å². The zero-order valence-corrected chi connectivity index (χ0v) is 10.5. The van der Waals surface area contributed by atoms with Crippen LogP contribution in [0.25, 0.3) is 0 Å². The Balaban J connectivity index is 2.10. The Labute approximate surface area is 102 Å². The molecule has 1 aliphatic rings. The highest BCUT2D eigenvalue weighted by molar-refractivity contribution is 5.32. The Kier molecular flexibility index (Phi) is 3.79. The first-order valence-corrected chi connectivity index (χ1v) is 6.21. The van der Waals surface area contributed by atoms with E-state index in [9.17, 15) is 4.39 Å². The predicted octanol–water partition coefficient (Wildman–Crippen LogP) is 3.01. The smallest absolute Gasteiger partial charge is 0.129 e. The molecule has 0 radical (unpaired) electrons. The Hall–Kier alpha value is -0.930. The molecule has 0 bridgehead atoms. The van der Waals surface area contributed by atoms with Crippen LogP contribution in [0.15, 0.2) is 12.1 Å². The lowest BCUT2D eigenvalue weighted by Crippen LogP contribution is -2.18. The number of ether oxygens (including phenoxy) is 1. The van der Waals surface area contributed by atoms with Crippen LogP contribution in [0.3, 0.4) is 0 Å². The zero-order valence-electron chi connectivity index (χ0n) is 10.5. The first kappa shape index (κ1) is 12.5. The maximum Gasteiger partial charge on any atom is 0.129 e.